The van der Waals surface area contributed by atoms with Crippen molar-refractivity contribution in [2.45, 2.75) is 19.9 Å². The van der Waals surface area contributed by atoms with Crippen LogP contribution in [0.2, 0.25) is 0 Å². The molecule has 0 saturated carbocycles. The lowest BCUT2D eigenvalue weighted by Crippen LogP contribution is -2.41. The molecule has 3 N–H and O–H groups in total. The molecule has 0 saturated heterocycles. The first-order chi connectivity index (χ1) is 14.4. The van der Waals surface area contributed by atoms with Crippen LogP contribution in [0.3, 0.4) is 0 Å². The first-order valence-electron chi connectivity index (χ1n) is 9.18. The number of amides is 3. The molecule has 0 aliphatic heterocycles. The largest absolute Gasteiger partial charge is 0.497 e. The SMILES string of the molecule is COc1ccc(NC(=O)COc2cccc(/C=N\NC(=O)C(=O)NC(C)C)c2)cc1. The fourth-order valence-corrected chi connectivity index (χ4v) is 2.25. The highest BCUT2D eigenvalue weighted by Gasteiger charge is 2.12. The maximum Gasteiger partial charge on any atom is 0.329 e. The van der Waals surface area contributed by atoms with Crippen LogP contribution < -0.4 is 25.5 Å². The molecule has 9 nitrogen and oxygen atoms in total. The van der Waals surface area contributed by atoms with Crippen molar-refractivity contribution in [1.29, 1.82) is 0 Å². The van der Waals surface area contributed by atoms with E-state index in [0.717, 1.165) is 0 Å². The average molecular weight is 412 g/mol. The summed E-state index contributed by atoms with van der Waals surface area (Å²) in [6, 6.07) is 13.6. The van der Waals surface area contributed by atoms with Crippen LogP contribution in [0.1, 0.15) is 19.4 Å². The van der Waals surface area contributed by atoms with Gasteiger partial charge in [-0.25, -0.2) is 5.43 Å². The van der Waals surface area contributed by atoms with Crippen LogP contribution in [0.25, 0.3) is 0 Å². The van der Waals surface area contributed by atoms with Crippen molar-refractivity contribution in [2.75, 3.05) is 19.0 Å². The maximum absolute atomic E-state index is 12.0. The van der Waals surface area contributed by atoms with Gasteiger partial charge in [0.1, 0.15) is 11.5 Å². The lowest BCUT2D eigenvalue weighted by atomic mass is 10.2. The van der Waals surface area contributed by atoms with E-state index in [9.17, 15) is 14.4 Å². The monoisotopic (exact) mass is 412 g/mol. The van der Waals surface area contributed by atoms with Crippen LogP contribution in [0.15, 0.2) is 53.6 Å². The first-order valence-corrected chi connectivity index (χ1v) is 9.18. The van der Waals surface area contributed by atoms with Gasteiger partial charge in [-0.1, -0.05) is 12.1 Å². The van der Waals surface area contributed by atoms with Crippen molar-refractivity contribution in [3.63, 3.8) is 0 Å². The summed E-state index contributed by atoms with van der Waals surface area (Å²) in [5.74, 6) is -0.792. The zero-order chi connectivity index (χ0) is 21.9. The third kappa shape index (κ3) is 7.63. The molecule has 3 amide bonds. The Hall–Kier alpha value is -3.88. The van der Waals surface area contributed by atoms with Crippen molar-refractivity contribution < 1.29 is 23.9 Å². The molecule has 158 valence electrons. The van der Waals surface area contributed by atoms with Gasteiger partial charge in [0, 0.05) is 11.7 Å². The lowest BCUT2D eigenvalue weighted by Gasteiger charge is -2.08. The Kier molecular flexibility index (Phi) is 8.37. The fraction of sp³-hybridized carbons (Fsp3) is 0.238. The molecule has 2 aromatic rings. The van der Waals surface area contributed by atoms with Crippen molar-refractivity contribution in [3.8, 4) is 11.5 Å². The number of ether oxygens (including phenoxy) is 2. The number of rotatable bonds is 8. The lowest BCUT2D eigenvalue weighted by molar-refractivity contribution is -0.139. The van der Waals surface area contributed by atoms with Crippen LogP contribution in [0.5, 0.6) is 11.5 Å². The predicted molar refractivity (Wildman–Crippen MR) is 113 cm³/mol. The standard InChI is InChI=1S/C21H24N4O5/c1-14(2)23-20(27)21(28)25-22-12-15-5-4-6-18(11-15)30-13-19(26)24-16-7-9-17(29-3)10-8-16/h4-12,14H,13H2,1-3H3,(H,23,27)(H,24,26)(H,25,28)/b22-12-. The molecular weight excluding hydrogens is 388 g/mol. The van der Waals surface area contributed by atoms with E-state index in [4.69, 9.17) is 9.47 Å². The second-order valence-corrected chi connectivity index (χ2v) is 6.47. The highest BCUT2D eigenvalue weighted by molar-refractivity contribution is 6.35. The third-order valence-corrected chi connectivity index (χ3v) is 3.61. The van der Waals surface area contributed by atoms with Crippen molar-refractivity contribution in [1.82, 2.24) is 10.7 Å². The molecule has 0 bridgehead atoms. The molecule has 0 spiro atoms. The van der Waals surface area contributed by atoms with Crippen LogP contribution in [0, 0.1) is 0 Å². The molecule has 0 heterocycles. The Labute approximate surface area is 174 Å². The summed E-state index contributed by atoms with van der Waals surface area (Å²) in [4.78, 5) is 35.1. The second-order valence-electron chi connectivity index (χ2n) is 6.47. The van der Waals surface area contributed by atoms with Gasteiger partial charge in [0.2, 0.25) is 0 Å². The molecule has 0 unspecified atom stereocenters. The van der Waals surface area contributed by atoms with E-state index in [1.165, 1.54) is 6.21 Å². The van der Waals surface area contributed by atoms with Gasteiger partial charge in [-0.3, -0.25) is 14.4 Å². The summed E-state index contributed by atoms with van der Waals surface area (Å²) in [5.41, 5.74) is 3.39. The Morgan fingerprint density at radius 1 is 1.03 bits per heavy atom. The van der Waals surface area contributed by atoms with Gasteiger partial charge in [0.25, 0.3) is 5.91 Å². The molecule has 0 aliphatic rings. The van der Waals surface area contributed by atoms with Crippen molar-refractivity contribution in [3.05, 3.63) is 54.1 Å². The predicted octanol–water partition coefficient (Wildman–Crippen LogP) is 1.69. The molecule has 2 rings (SSSR count). The van der Waals surface area contributed by atoms with Gasteiger partial charge in [-0.05, 0) is 55.8 Å². The minimum absolute atomic E-state index is 0.150. The molecular formula is C21H24N4O5. The summed E-state index contributed by atoms with van der Waals surface area (Å²) >= 11 is 0. The fourth-order valence-electron chi connectivity index (χ4n) is 2.25. The minimum atomic E-state index is -0.859. The molecule has 2 aromatic carbocycles. The number of benzene rings is 2. The maximum atomic E-state index is 12.0. The first kappa shape index (κ1) is 22.4. The molecule has 0 aliphatic carbocycles. The van der Waals surface area contributed by atoms with Crippen LogP contribution in [-0.4, -0.2) is 43.7 Å². The summed E-state index contributed by atoms with van der Waals surface area (Å²) in [6.45, 7) is 3.31. The zero-order valence-corrected chi connectivity index (χ0v) is 17.0. The molecule has 9 heteroatoms. The number of carbonyl (C=O) groups is 3. The molecule has 0 aromatic heterocycles. The smallest absolute Gasteiger partial charge is 0.329 e. The number of hydrazone groups is 1. The summed E-state index contributed by atoms with van der Waals surface area (Å²) in [7, 11) is 1.57. The van der Waals surface area contributed by atoms with Gasteiger partial charge in [0.15, 0.2) is 6.61 Å². The summed E-state index contributed by atoms with van der Waals surface area (Å²) < 4.78 is 10.6. The number of nitrogens with zero attached hydrogens (tertiary/aromatic N) is 1. The Morgan fingerprint density at radius 3 is 2.43 bits per heavy atom. The quantitative estimate of drug-likeness (QED) is 0.346. The van der Waals surface area contributed by atoms with Gasteiger partial charge in [0.05, 0.1) is 13.3 Å². The topological polar surface area (TPSA) is 118 Å². The van der Waals surface area contributed by atoms with Gasteiger partial charge >= 0.3 is 11.8 Å². The number of carbonyl (C=O) groups excluding carboxylic acids is 3. The highest BCUT2D eigenvalue weighted by atomic mass is 16.5. The molecule has 30 heavy (non-hydrogen) atoms. The Morgan fingerprint density at radius 2 is 1.77 bits per heavy atom. The Bertz CT molecular complexity index is 910. The molecule has 0 atom stereocenters. The van der Waals surface area contributed by atoms with E-state index >= 15 is 0 Å². The summed E-state index contributed by atoms with van der Waals surface area (Å²) in [5, 5.41) is 8.92. The van der Waals surface area contributed by atoms with Crippen LogP contribution >= 0.6 is 0 Å². The number of hydrogen-bond acceptors (Lipinski definition) is 6. The third-order valence-electron chi connectivity index (χ3n) is 3.61. The summed E-state index contributed by atoms with van der Waals surface area (Å²) in [6.07, 6.45) is 1.37. The van der Waals surface area contributed by atoms with Crippen LogP contribution in [-0.2, 0) is 14.4 Å². The van der Waals surface area contributed by atoms with E-state index in [0.29, 0.717) is 22.7 Å². The van der Waals surface area contributed by atoms with E-state index in [1.54, 1.807) is 69.5 Å². The van der Waals surface area contributed by atoms with Crippen molar-refractivity contribution in [2.24, 2.45) is 5.10 Å². The minimum Gasteiger partial charge on any atom is -0.497 e. The molecule has 0 fully saturated rings. The zero-order valence-electron chi connectivity index (χ0n) is 17.0. The number of hydrogen-bond donors (Lipinski definition) is 3. The van der Waals surface area contributed by atoms with E-state index < -0.39 is 11.8 Å². The normalized spacial score (nSPS) is 10.5. The number of anilines is 1. The van der Waals surface area contributed by atoms with E-state index in [1.807, 2.05) is 0 Å². The van der Waals surface area contributed by atoms with Gasteiger partial charge < -0.3 is 20.1 Å². The van der Waals surface area contributed by atoms with Gasteiger partial charge in [-0.2, -0.15) is 5.10 Å². The highest BCUT2D eigenvalue weighted by Crippen LogP contribution is 2.15. The average Bonchev–Trinajstić information content (AvgIpc) is 2.72. The van der Waals surface area contributed by atoms with E-state index in [-0.39, 0.29) is 18.6 Å². The number of nitrogens with one attached hydrogen (secondary N) is 3. The second kappa shape index (κ2) is 11.2. The van der Waals surface area contributed by atoms with Crippen molar-refractivity contribution >= 4 is 29.6 Å². The molecule has 0 radical (unpaired) electrons. The number of methoxy groups -OCH3 is 1. The van der Waals surface area contributed by atoms with Gasteiger partial charge in [-0.15, -0.1) is 0 Å². The van der Waals surface area contributed by atoms with Crippen LogP contribution in [0.4, 0.5) is 5.69 Å². The Balaban J connectivity index is 1.83. The van der Waals surface area contributed by atoms with E-state index in [2.05, 4.69) is 21.2 Å².